The van der Waals surface area contributed by atoms with Crippen molar-refractivity contribution in [2.45, 2.75) is 74.7 Å². The first-order chi connectivity index (χ1) is 10.7. The Kier molecular flexibility index (Phi) is 3.33. The Labute approximate surface area is 136 Å². The molecule has 6 aliphatic rings. The van der Waals surface area contributed by atoms with Gasteiger partial charge in [0.2, 0.25) is 0 Å². The molecule has 3 heteroatoms. The molecule has 0 aromatic heterocycles. The van der Waals surface area contributed by atoms with Gasteiger partial charge in [0, 0.05) is 33.1 Å². The van der Waals surface area contributed by atoms with E-state index in [1.54, 1.807) is 0 Å². The van der Waals surface area contributed by atoms with E-state index in [4.69, 9.17) is 0 Å². The van der Waals surface area contributed by atoms with Gasteiger partial charge in [-0.3, -0.25) is 9.00 Å². The lowest BCUT2D eigenvalue weighted by atomic mass is 9.50. The van der Waals surface area contributed by atoms with Crippen LogP contribution < -0.4 is 0 Å². The van der Waals surface area contributed by atoms with Crippen molar-refractivity contribution >= 4 is 16.6 Å². The van der Waals surface area contributed by atoms with Crippen LogP contribution in [0.25, 0.3) is 0 Å². The van der Waals surface area contributed by atoms with Crippen molar-refractivity contribution in [1.29, 1.82) is 0 Å². The molecular weight excluding hydrogens is 292 g/mol. The first-order valence-electron chi connectivity index (χ1n) is 9.62. The summed E-state index contributed by atoms with van der Waals surface area (Å²) in [5.74, 6) is 4.60. The summed E-state index contributed by atoms with van der Waals surface area (Å²) < 4.78 is 12.4. The summed E-state index contributed by atoms with van der Waals surface area (Å²) in [6.45, 7) is 0. The van der Waals surface area contributed by atoms with Gasteiger partial charge in [-0.1, -0.05) is 6.42 Å². The Bertz CT molecular complexity index is 470. The normalized spacial score (nSPS) is 56.1. The Hall–Kier alpha value is -0.180. The van der Waals surface area contributed by atoms with Gasteiger partial charge in [0.25, 0.3) is 0 Å². The second-order valence-corrected chi connectivity index (χ2v) is 11.0. The highest BCUT2D eigenvalue weighted by Gasteiger charge is 2.52. The Balaban J connectivity index is 1.35. The number of ketones is 1. The molecule has 2 unspecified atom stereocenters. The van der Waals surface area contributed by atoms with Crippen LogP contribution in [0.5, 0.6) is 0 Å². The van der Waals surface area contributed by atoms with Crippen LogP contribution in [0.4, 0.5) is 0 Å². The molecule has 0 spiro atoms. The largest absolute Gasteiger partial charge is 0.299 e. The molecule has 2 nitrogen and oxygen atoms in total. The zero-order valence-electron chi connectivity index (χ0n) is 13.4. The van der Waals surface area contributed by atoms with E-state index in [0.29, 0.717) is 22.2 Å². The van der Waals surface area contributed by atoms with E-state index in [9.17, 15) is 9.00 Å². The van der Waals surface area contributed by atoms with Crippen LogP contribution in [0.15, 0.2) is 0 Å². The summed E-state index contributed by atoms with van der Waals surface area (Å²) in [5.41, 5.74) is 0. The SMILES string of the molecule is O=C(C1CC2CCCC(C1)S2=O)C1C2CC3CC(C2)CC1C3. The zero-order chi connectivity index (χ0) is 14.8. The molecule has 0 radical (unpaired) electrons. The van der Waals surface area contributed by atoms with Crippen molar-refractivity contribution in [2.24, 2.45) is 35.5 Å². The fourth-order valence-electron chi connectivity index (χ4n) is 7.13. The molecule has 4 aliphatic carbocycles. The maximum Gasteiger partial charge on any atom is 0.139 e. The third-order valence-electron chi connectivity index (χ3n) is 7.76. The molecule has 4 saturated carbocycles. The average molecular weight is 320 g/mol. The molecule has 6 rings (SSSR count). The van der Waals surface area contributed by atoms with Gasteiger partial charge in [-0.15, -0.1) is 0 Å². The molecule has 2 saturated heterocycles. The summed E-state index contributed by atoms with van der Waals surface area (Å²) in [6, 6.07) is 0. The second-order valence-electron chi connectivity index (χ2n) is 9.03. The zero-order valence-corrected chi connectivity index (χ0v) is 14.2. The molecular formula is C19H28O2S. The number of rotatable bonds is 2. The highest BCUT2D eigenvalue weighted by atomic mass is 32.2. The van der Waals surface area contributed by atoms with Crippen LogP contribution in [0.3, 0.4) is 0 Å². The van der Waals surface area contributed by atoms with Gasteiger partial charge < -0.3 is 0 Å². The summed E-state index contributed by atoms with van der Waals surface area (Å²) in [7, 11) is -0.634. The van der Waals surface area contributed by atoms with E-state index >= 15 is 0 Å². The highest BCUT2D eigenvalue weighted by molar-refractivity contribution is 7.86. The van der Waals surface area contributed by atoms with Crippen LogP contribution in [-0.4, -0.2) is 20.5 Å². The van der Waals surface area contributed by atoms with E-state index in [1.165, 1.54) is 38.5 Å². The maximum atomic E-state index is 13.3. The lowest BCUT2D eigenvalue weighted by Gasteiger charge is -2.54. The van der Waals surface area contributed by atoms with Crippen molar-refractivity contribution in [3.8, 4) is 0 Å². The van der Waals surface area contributed by atoms with Crippen LogP contribution in [-0.2, 0) is 15.6 Å². The number of Topliss-reactive ketones (excluding diaryl/α,β-unsaturated/α-hetero) is 1. The lowest BCUT2D eigenvalue weighted by molar-refractivity contribution is -0.140. The quantitative estimate of drug-likeness (QED) is 0.777. The first-order valence-corrected chi connectivity index (χ1v) is 10.9. The van der Waals surface area contributed by atoms with Gasteiger partial charge in [-0.25, -0.2) is 0 Å². The van der Waals surface area contributed by atoms with Crippen molar-refractivity contribution < 1.29 is 9.00 Å². The highest BCUT2D eigenvalue weighted by Crippen LogP contribution is 2.57. The third-order valence-corrected chi connectivity index (χ3v) is 9.93. The van der Waals surface area contributed by atoms with Crippen molar-refractivity contribution in [2.75, 3.05) is 0 Å². The third kappa shape index (κ3) is 2.10. The lowest BCUT2D eigenvalue weighted by Crippen LogP contribution is -2.51. The fourth-order valence-corrected chi connectivity index (χ4v) is 9.31. The van der Waals surface area contributed by atoms with E-state index in [-0.39, 0.29) is 5.92 Å². The second kappa shape index (κ2) is 5.16. The molecule has 6 fully saturated rings. The fraction of sp³-hybridized carbons (Fsp3) is 0.947. The topological polar surface area (TPSA) is 34.1 Å². The average Bonchev–Trinajstić information content (AvgIpc) is 2.45. The summed E-state index contributed by atoms with van der Waals surface area (Å²) >= 11 is 0. The van der Waals surface area contributed by atoms with Gasteiger partial charge >= 0.3 is 0 Å². The number of carbonyl (C=O) groups excluding carboxylic acids is 1. The minimum Gasteiger partial charge on any atom is -0.299 e. The van der Waals surface area contributed by atoms with Crippen molar-refractivity contribution in [3.63, 3.8) is 0 Å². The molecule has 2 heterocycles. The minimum atomic E-state index is -0.634. The smallest absolute Gasteiger partial charge is 0.139 e. The van der Waals surface area contributed by atoms with Gasteiger partial charge in [0.1, 0.15) is 5.78 Å². The first kappa shape index (κ1) is 14.2. The molecule has 6 bridgehead atoms. The maximum absolute atomic E-state index is 13.3. The molecule has 0 aromatic carbocycles. The summed E-state index contributed by atoms with van der Waals surface area (Å²) in [6.07, 6.45) is 12.2. The van der Waals surface area contributed by atoms with E-state index in [0.717, 1.165) is 49.4 Å². The minimum absolute atomic E-state index is 0.260. The summed E-state index contributed by atoms with van der Waals surface area (Å²) in [5, 5.41) is 0.691. The van der Waals surface area contributed by atoms with Crippen LogP contribution in [0, 0.1) is 35.5 Å². The number of hydrogen-bond acceptors (Lipinski definition) is 2. The molecule has 22 heavy (non-hydrogen) atoms. The predicted molar refractivity (Wildman–Crippen MR) is 87.8 cm³/mol. The Morgan fingerprint density at radius 3 is 1.86 bits per heavy atom. The molecule has 0 N–H and O–H groups in total. The van der Waals surface area contributed by atoms with Gasteiger partial charge in [0.15, 0.2) is 0 Å². The molecule has 122 valence electrons. The van der Waals surface area contributed by atoms with Crippen molar-refractivity contribution in [3.05, 3.63) is 0 Å². The Morgan fingerprint density at radius 1 is 0.773 bits per heavy atom. The molecule has 0 amide bonds. The van der Waals surface area contributed by atoms with Crippen LogP contribution >= 0.6 is 0 Å². The van der Waals surface area contributed by atoms with Gasteiger partial charge in [0.05, 0.1) is 0 Å². The molecule has 2 atom stereocenters. The van der Waals surface area contributed by atoms with Crippen LogP contribution in [0.1, 0.15) is 64.2 Å². The Morgan fingerprint density at radius 2 is 1.32 bits per heavy atom. The number of fused-ring (bicyclic) bond motifs is 2. The van der Waals surface area contributed by atoms with Gasteiger partial charge in [-0.05, 0) is 81.5 Å². The van der Waals surface area contributed by atoms with E-state index in [1.807, 2.05) is 0 Å². The monoisotopic (exact) mass is 320 g/mol. The number of hydrogen-bond donors (Lipinski definition) is 0. The van der Waals surface area contributed by atoms with E-state index in [2.05, 4.69) is 0 Å². The molecule has 0 aromatic rings. The predicted octanol–water partition coefficient (Wildman–Crippen LogP) is 3.71. The van der Waals surface area contributed by atoms with Crippen molar-refractivity contribution in [1.82, 2.24) is 0 Å². The number of carbonyl (C=O) groups is 1. The molecule has 2 aliphatic heterocycles. The standard InChI is InChI=1S/C19H28O2S/c20-19(15-9-16-2-1-3-17(10-15)22(16)21)18-13-5-11-4-12(7-13)8-14(18)6-11/h11-18H,1-10H2. The van der Waals surface area contributed by atoms with Gasteiger partial charge in [-0.2, -0.15) is 0 Å². The summed E-state index contributed by atoms with van der Waals surface area (Å²) in [4.78, 5) is 13.3. The van der Waals surface area contributed by atoms with Crippen LogP contribution in [0.2, 0.25) is 0 Å². The van der Waals surface area contributed by atoms with E-state index < -0.39 is 10.8 Å².